The van der Waals surface area contributed by atoms with Crippen LogP contribution in [0.2, 0.25) is 0 Å². The molecule has 2 N–H and O–H groups in total. The Morgan fingerprint density at radius 2 is 2.40 bits per heavy atom. The zero-order chi connectivity index (χ0) is 13.9. The molecule has 2 aromatic rings. The quantitative estimate of drug-likeness (QED) is 0.899. The molecule has 1 aromatic carbocycles. The van der Waals surface area contributed by atoms with Crippen molar-refractivity contribution in [3.63, 3.8) is 0 Å². The summed E-state index contributed by atoms with van der Waals surface area (Å²) in [5.41, 5.74) is 1.40. The smallest absolute Gasteiger partial charge is 0.224 e. The average molecular weight is 276 g/mol. The van der Waals surface area contributed by atoms with Crippen LogP contribution >= 0.6 is 0 Å². The predicted octanol–water partition coefficient (Wildman–Crippen LogP) is 2.14. The highest BCUT2D eigenvalue weighted by Crippen LogP contribution is 2.21. The van der Waals surface area contributed by atoms with Crippen LogP contribution in [0.15, 0.2) is 24.4 Å². The Hall–Kier alpha value is -1.88. The molecule has 2 heterocycles. The Morgan fingerprint density at radius 1 is 1.50 bits per heavy atom. The van der Waals surface area contributed by atoms with Crippen molar-refractivity contribution in [1.29, 1.82) is 0 Å². The number of hydrogen-bond acceptors (Lipinski definition) is 2. The summed E-state index contributed by atoms with van der Waals surface area (Å²) in [5.74, 6) is -0.407. The number of ether oxygens (including phenoxy) is 1. The van der Waals surface area contributed by atoms with E-state index in [1.165, 1.54) is 6.07 Å². The molecule has 1 aromatic heterocycles. The fourth-order valence-corrected chi connectivity index (χ4v) is 2.62. The standard InChI is InChI=1S/C15H17FN2O2/c16-12-4-1-5-13-15(12)10(8-17-13)7-14(19)18-9-11-3-2-6-20-11/h1,4-5,8,11,17H,2-3,6-7,9H2,(H,18,19). The lowest BCUT2D eigenvalue weighted by atomic mass is 10.1. The number of nitrogens with one attached hydrogen (secondary N) is 2. The third-order valence-corrected chi connectivity index (χ3v) is 3.64. The van der Waals surface area contributed by atoms with Crippen molar-refractivity contribution in [1.82, 2.24) is 10.3 Å². The van der Waals surface area contributed by atoms with Gasteiger partial charge in [-0.3, -0.25) is 4.79 Å². The summed E-state index contributed by atoms with van der Waals surface area (Å²) < 4.78 is 19.2. The van der Waals surface area contributed by atoms with Crippen molar-refractivity contribution in [2.75, 3.05) is 13.2 Å². The highest BCUT2D eigenvalue weighted by molar-refractivity contribution is 5.89. The zero-order valence-corrected chi connectivity index (χ0v) is 11.1. The maximum absolute atomic E-state index is 13.8. The fourth-order valence-electron chi connectivity index (χ4n) is 2.62. The first-order chi connectivity index (χ1) is 9.74. The molecule has 4 nitrogen and oxygen atoms in total. The Kier molecular flexibility index (Phi) is 3.69. The second-order valence-corrected chi connectivity index (χ2v) is 5.09. The van der Waals surface area contributed by atoms with Crippen LogP contribution in [0.4, 0.5) is 4.39 Å². The van der Waals surface area contributed by atoms with E-state index in [1.807, 2.05) is 0 Å². The number of hydrogen-bond donors (Lipinski definition) is 2. The third-order valence-electron chi connectivity index (χ3n) is 3.64. The van der Waals surface area contributed by atoms with Crippen LogP contribution in [0, 0.1) is 5.82 Å². The van der Waals surface area contributed by atoms with Gasteiger partial charge < -0.3 is 15.0 Å². The number of rotatable bonds is 4. The number of aromatic amines is 1. The van der Waals surface area contributed by atoms with Gasteiger partial charge in [0.1, 0.15) is 5.82 Å². The number of H-pyrrole nitrogens is 1. The largest absolute Gasteiger partial charge is 0.376 e. The number of halogens is 1. The summed E-state index contributed by atoms with van der Waals surface area (Å²) in [7, 11) is 0. The molecule has 0 radical (unpaired) electrons. The van der Waals surface area contributed by atoms with E-state index in [1.54, 1.807) is 18.3 Å². The van der Waals surface area contributed by atoms with Gasteiger partial charge in [0.2, 0.25) is 5.91 Å². The fraction of sp³-hybridized carbons (Fsp3) is 0.400. The van der Waals surface area contributed by atoms with Crippen LogP contribution < -0.4 is 5.32 Å². The summed E-state index contributed by atoms with van der Waals surface area (Å²) >= 11 is 0. The number of aromatic nitrogens is 1. The molecular weight excluding hydrogens is 259 g/mol. The first kappa shape index (κ1) is 13.1. The molecule has 20 heavy (non-hydrogen) atoms. The first-order valence-electron chi connectivity index (χ1n) is 6.87. The number of amides is 1. The van der Waals surface area contributed by atoms with Gasteiger partial charge in [0, 0.05) is 30.3 Å². The molecule has 3 rings (SSSR count). The highest BCUT2D eigenvalue weighted by atomic mass is 19.1. The lowest BCUT2D eigenvalue weighted by molar-refractivity contribution is -0.120. The van der Waals surface area contributed by atoms with Gasteiger partial charge in [0.05, 0.1) is 12.5 Å². The van der Waals surface area contributed by atoms with Crippen LogP contribution in [0.5, 0.6) is 0 Å². The average Bonchev–Trinajstić information content (AvgIpc) is 3.07. The molecule has 1 saturated heterocycles. The van der Waals surface area contributed by atoms with Gasteiger partial charge in [-0.05, 0) is 30.5 Å². The molecule has 106 valence electrons. The summed E-state index contributed by atoms with van der Waals surface area (Å²) in [6, 6.07) is 4.85. The van der Waals surface area contributed by atoms with Crippen molar-refractivity contribution in [2.45, 2.75) is 25.4 Å². The van der Waals surface area contributed by atoms with Crippen molar-refractivity contribution in [3.8, 4) is 0 Å². The Balaban J connectivity index is 1.65. The Labute approximate surface area is 116 Å². The van der Waals surface area contributed by atoms with Gasteiger partial charge in [-0.2, -0.15) is 0 Å². The normalized spacial score (nSPS) is 18.6. The Morgan fingerprint density at radius 3 is 3.20 bits per heavy atom. The SMILES string of the molecule is O=C(Cc1c[nH]c2cccc(F)c12)NCC1CCCO1. The minimum Gasteiger partial charge on any atom is -0.376 e. The molecule has 1 unspecified atom stereocenters. The zero-order valence-electron chi connectivity index (χ0n) is 11.1. The van der Waals surface area contributed by atoms with E-state index in [4.69, 9.17) is 4.74 Å². The van der Waals surface area contributed by atoms with Crippen LogP contribution in [-0.2, 0) is 16.0 Å². The third kappa shape index (κ3) is 2.67. The molecule has 1 atom stereocenters. The predicted molar refractivity (Wildman–Crippen MR) is 73.9 cm³/mol. The van der Waals surface area contributed by atoms with E-state index >= 15 is 0 Å². The van der Waals surface area contributed by atoms with Crippen LogP contribution in [0.25, 0.3) is 10.9 Å². The minimum absolute atomic E-state index is 0.107. The molecule has 0 spiro atoms. The van der Waals surface area contributed by atoms with E-state index in [0.717, 1.165) is 19.4 Å². The topological polar surface area (TPSA) is 54.1 Å². The molecule has 0 bridgehead atoms. The van der Waals surface area contributed by atoms with Crippen molar-refractivity contribution < 1.29 is 13.9 Å². The molecule has 1 aliphatic rings. The highest BCUT2D eigenvalue weighted by Gasteiger charge is 2.17. The molecular formula is C15H17FN2O2. The molecule has 1 amide bonds. The van der Waals surface area contributed by atoms with Gasteiger partial charge in [0.25, 0.3) is 0 Å². The summed E-state index contributed by atoms with van der Waals surface area (Å²) in [6.07, 6.45) is 4.03. The second-order valence-electron chi connectivity index (χ2n) is 5.09. The maximum atomic E-state index is 13.8. The van der Waals surface area contributed by atoms with Crippen LogP contribution in [0.1, 0.15) is 18.4 Å². The van der Waals surface area contributed by atoms with Crippen molar-refractivity contribution in [3.05, 3.63) is 35.8 Å². The van der Waals surface area contributed by atoms with Gasteiger partial charge in [-0.1, -0.05) is 6.07 Å². The summed E-state index contributed by atoms with van der Waals surface area (Å²) in [4.78, 5) is 14.9. The molecule has 1 fully saturated rings. The van der Waals surface area contributed by atoms with Crippen molar-refractivity contribution >= 4 is 16.8 Å². The van der Waals surface area contributed by atoms with E-state index in [0.29, 0.717) is 23.0 Å². The first-order valence-corrected chi connectivity index (χ1v) is 6.87. The summed E-state index contributed by atoms with van der Waals surface area (Å²) in [5, 5.41) is 3.35. The molecule has 1 aliphatic heterocycles. The lowest BCUT2D eigenvalue weighted by Crippen LogP contribution is -2.32. The number of carbonyl (C=O) groups excluding carboxylic acids is 1. The van der Waals surface area contributed by atoms with E-state index in [-0.39, 0.29) is 24.2 Å². The number of carbonyl (C=O) groups is 1. The number of fused-ring (bicyclic) bond motifs is 1. The van der Waals surface area contributed by atoms with Gasteiger partial charge in [-0.15, -0.1) is 0 Å². The minimum atomic E-state index is -0.300. The van der Waals surface area contributed by atoms with Gasteiger partial charge >= 0.3 is 0 Å². The monoisotopic (exact) mass is 276 g/mol. The van der Waals surface area contributed by atoms with Crippen LogP contribution in [0.3, 0.4) is 0 Å². The molecule has 0 aliphatic carbocycles. The maximum Gasteiger partial charge on any atom is 0.224 e. The molecule has 5 heteroatoms. The van der Waals surface area contributed by atoms with Gasteiger partial charge in [0.15, 0.2) is 0 Å². The summed E-state index contributed by atoms with van der Waals surface area (Å²) in [6.45, 7) is 1.30. The second kappa shape index (κ2) is 5.63. The van der Waals surface area contributed by atoms with Crippen molar-refractivity contribution in [2.24, 2.45) is 0 Å². The van der Waals surface area contributed by atoms with E-state index in [9.17, 15) is 9.18 Å². The lowest BCUT2D eigenvalue weighted by Gasteiger charge is -2.10. The van der Waals surface area contributed by atoms with Crippen LogP contribution in [-0.4, -0.2) is 30.1 Å². The molecule has 0 saturated carbocycles. The Bertz CT molecular complexity index is 617. The van der Waals surface area contributed by atoms with Gasteiger partial charge in [-0.25, -0.2) is 4.39 Å². The van der Waals surface area contributed by atoms with E-state index in [2.05, 4.69) is 10.3 Å². The van der Waals surface area contributed by atoms with E-state index < -0.39 is 0 Å². The number of benzene rings is 1.